The lowest BCUT2D eigenvalue weighted by Crippen LogP contribution is -2.29. The number of carbonyl (C=O) groups excluding carboxylic acids is 1. The number of amides is 2. The van der Waals surface area contributed by atoms with E-state index in [1.165, 1.54) is 0 Å². The molecule has 4 aromatic rings. The molecule has 0 spiro atoms. The number of fused-ring (bicyclic) bond motifs is 3. The van der Waals surface area contributed by atoms with Gasteiger partial charge in [0, 0.05) is 30.6 Å². The average Bonchev–Trinajstić information content (AvgIpc) is 3.13. The van der Waals surface area contributed by atoms with Gasteiger partial charge in [-0.1, -0.05) is 50.2 Å². The molecule has 0 aliphatic heterocycles. The molecule has 0 aliphatic rings. The van der Waals surface area contributed by atoms with Crippen molar-refractivity contribution in [2.45, 2.75) is 39.7 Å². The highest BCUT2D eigenvalue weighted by molar-refractivity contribution is 6.06. The number of benzene rings is 2. The van der Waals surface area contributed by atoms with E-state index in [4.69, 9.17) is 10.7 Å². The SMILES string of the molecule is CC(C)Cn1c(CCCCNC(=O)Nc2ccccc2)nc2c(N)nc3ccccc3c21. The first-order valence-electron chi connectivity index (χ1n) is 11.2. The number of aromatic nitrogens is 3. The fourth-order valence-electron chi connectivity index (χ4n) is 3.96. The molecule has 0 atom stereocenters. The molecule has 0 bridgehead atoms. The lowest BCUT2D eigenvalue weighted by atomic mass is 10.1. The Bertz CT molecular complexity index is 1220. The summed E-state index contributed by atoms with van der Waals surface area (Å²) in [7, 11) is 0. The number of nitrogen functional groups attached to an aromatic ring is 1. The van der Waals surface area contributed by atoms with Crippen molar-refractivity contribution in [1.29, 1.82) is 0 Å². The van der Waals surface area contributed by atoms with E-state index < -0.39 is 0 Å². The standard InChI is InChI=1S/C25H30N6O/c1-17(2)16-31-21(14-8-9-15-27-25(32)28-18-10-4-3-5-11-18)30-22-23(31)19-12-6-7-13-20(19)29-24(22)26/h3-7,10-13,17H,8-9,14-16H2,1-2H3,(H2,26,29)(H2,27,28,32). The number of urea groups is 1. The molecule has 0 aliphatic carbocycles. The van der Waals surface area contributed by atoms with Crippen molar-refractivity contribution in [2.24, 2.45) is 5.92 Å². The summed E-state index contributed by atoms with van der Waals surface area (Å²) in [5.41, 5.74) is 9.79. The van der Waals surface area contributed by atoms with Crippen LogP contribution in [0.2, 0.25) is 0 Å². The van der Waals surface area contributed by atoms with E-state index >= 15 is 0 Å². The molecule has 4 rings (SSSR count). The van der Waals surface area contributed by atoms with E-state index in [9.17, 15) is 4.79 Å². The minimum absolute atomic E-state index is 0.187. The number of para-hydroxylation sites is 2. The van der Waals surface area contributed by atoms with Gasteiger partial charge in [0.2, 0.25) is 0 Å². The largest absolute Gasteiger partial charge is 0.382 e. The minimum atomic E-state index is -0.187. The number of aryl methyl sites for hydroxylation is 1. The van der Waals surface area contributed by atoms with Gasteiger partial charge in [-0.2, -0.15) is 0 Å². The van der Waals surface area contributed by atoms with E-state index in [1.807, 2.05) is 48.5 Å². The molecule has 32 heavy (non-hydrogen) atoms. The van der Waals surface area contributed by atoms with E-state index in [2.05, 4.69) is 40.1 Å². The summed E-state index contributed by atoms with van der Waals surface area (Å²) in [4.78, 5) is 21.5. The maximum atomic E-state index is 12.0. The Morgan fingerprint density at radius 1 is 1.03 bits per heavy atom. The fourth-order valence-corrected chi connectivity index (χ4v) is 3.96. The summed E-state index contributed by atoms with van der Waals surface area (Å²) in [5.74, 6) is 1.97. The summed E-state index contributed by atoms with van der Waals surface area (Å²) in [6, 6.07) is 17.3. The number of pyridine rings is 1. The second-order valence-electron chi connectivity index (χ2n) is 8.45. The molecule has 0 saturated heterocycles. The van der Waals surface area contributed by atoms with Gasteiger partial charge >= 0.3 is 6.03 Å². The molecule has 2 aromatic heterocycles. The topological polar surface area (TPSA) is 97.9 Å². The van der Waals surface area contributed by atoms with Gasteiger partial charge in [-0.05, 0) is 37.0 Å². The van der Waals surface area contributed by atoms with Crippen molar-refractivity contribution >= 4 is 39.5 Å². The third kappa shape index (κ3) is 4.82. The monoisotopic (exact) mass is 430 g/mol. The summed E-state index contributed by atoms with van der Waals surface area (Å²) in [6.45, 7) is 5.89. The van der Waals surface area contributed by atoms with Crippen LogP contribution in [-0.2, 0) is 13.0 Å². The normalized spacial score (nSPS) is 11.3. The van der Waals surface area contributed by atoms with Gasteiger partial charge in [-0.3, -0.25) is 0 Å². The number of unbranched alkanes of at least 4 members (excludes halogenated alkanes) is 1. The van der Waals surface area contributed by atoms with Gasteiger partial charge in [0.05, 0.1) is 11.0 Å². The van der Waals surface area contributed by atoms with Crippen LogP contribution in [-0.4, -0.2) is 27.1 Å². The van der Waals surface area contributed by atoms with Crippen LogP contribution in [0.1, 0.15) is 32.5 Å². The van der Waals surface area contributed by atoms with Crippen molar-refractivity contribution in [3.8, 4) is 0 Å². The van der Waals surface area contributed by atoms with Crippen LogP contribution < -0.4 is 16.4 Å². The highest BCUT2D eigenvalue weighted by Gasteiger charge is 2.17. The molecule has 7 nitrogen and oxygen atoms in total. The molecule has 0 radical (unpaired) electrons. The van der Waals surface area contributed by atoms with Gasteiger partial charge in [-0.25, -0.2) is 14.8 Å². The first kappa shape index (κ1) is 21.6. The second-order valence-corrected chi connectivity index (χ2v) is 8.45. The average molecular weight is 431 g/mol. The van der Waals surface area contributed by atoms with E-state index in [0.717, 1.165) is 59.3 Å². The van der Waals surface area contributed by atoms with Gasteiger partial charge < -0.3 is 20.9 Å². The molecular weight excluding hydrogens is 400 g/mol. The zero-order valence-corrected chi connectivity index (χ0v) is 18.6. The van der Waals surface area contributed by atoms with Crippen LogP contribution in [0, 0.1) is 5.92 Å². The summed E-state index contributed by atoms with van der Waals surface area (Å²) >= 11 is 0. The molecule has 2 aromatic carbocycles. The molecule has 0 saturated carbocycles. The minimum Gasteiger partial charge on any atom is -0.382 e. The number of rotatable bonds is 8. The number of imidazole rings is 1. The number of nitrogens with two attached hydrogens (primary N) is 1. The van der Waals surface area contributed by atoms with Crippen LogP contribution in [0.5, 0.6) is 0 Å². The third-order valence-corrected chi connectivity index (χ3v) is 5.38. The Balaban J connectivity index is 1.44. The Hall–Kier alpha value is -3.61. The van der Waals surface area contributed by atoms with Gasteiger partial charge in [0.25, 0.3) is 0 Å². The van der Waals surface area contributed by atoms with E-state index in [1.54, 1.807) is 0 Å². The van der Waals surface area contributed by atoms with Crippen LogP contribution in [0.4, 0.5) is 16.3 Å². The van der Waals surface area contributed by atoms with Crippen molar-refractivity contribution < 1.29 is 4.79 Å². The maximum absolute atomic E-state index is 12.0. The Morgan fingerprint density at radius 3 is 2.56 bits per heavy atom. The number of hydrogen-bond donors (Lipinski definition) is 3. The number of hydrogen-bond acceptors (Lipinski definition) is 4. The zero-order valence-electron chi connectivity index (χ0n) is 18.6. The Kier molecular flexibility index (Phi) is 6.54. The zero-order chi connectivity index (χ0) is 22.5. The quantitative estimate of drug-likeness (QED) is 0.344. The Morgan fingerprint density at radius 2 is 1.78 bits per heavy atom. The highest BCUT2D eigenvalue weighted by atomic mass is 16.2. The molecule has 166 valence electrons. The van der Waals surface area contributed by atoms with Gasteiger partial charge in [-0.15, -0.1) is 0 Å². The van der Waals surface area contributed by atoms with Gasteiger partial charge in [0.15, 0.2) is 5.82 Å². The lowest BCUT2D eigenvalue weighted by Gasteiger charge is -2.13. The van der Waals surface area contributed by atoms with Crippen LogP contribution in [0.15, 0.2) is 54.6 Å². The van der Waals surface area contributed by atoms with E-state index in [-0.39, 0.29) is 6.03 Å². The molecule has 0 unspecified atom stereocenters. The lowest BCUT2D eigenvalue weighted by molar-refractivity contribution is 0.252. The number of carbonyl (C=O) groups is 1. The second kappa shape index (κ2) is 9.68. The van der Waals surface area contributed by atoms with E-state index in [0.29, 0.717) is 18.3 Å². The third-order valence-electron chi connectivity index (χ3n) is 5.38. The molecule has 2 amide bonds. The molecule has 7 heteroatoms. The van der Waals surface area contributed by atoms with Crippen LogP contribution >= 0.6 is 0 Å². The summed E-state index contributed by atoms with van der Waals surface area (Å²) in [5, 5.41) is 6.83. The molecule has 2 heterocycles. The first-order valence-corrected chi connectivity index (χ1v) is 11.2. The number of nitrogens with zero attached hydrogens (tertiary/aromatic N) is 3. The first-order chi connectivity index (χ1) is 15.5. The van der Waals surface area contributed by atoms with Crippen molar-refractivity contribution in [3.63, 3.8) is 0 Å². The van der Waals surface area contributed by atoms with Crippen molar-refractivity contribution in [3.05, 3.63) is 60.4 Å². The fraction of sp³-hybridized carbons (Fsp3) is 0.320. The summed E-state index contributed by atoms with van der Waals surface area (Å²) < 4.78 is 2.30. The highest BCUT2D eigenvalue weighted by Crippen LogP contribution is 2.29. The van der Waals surface area contributed by atoms with Crippen LogP contribution in [0.3, 0.4) is 0 Å². The van der Waals surface area contributed by atoms with Crippen LogP contribution in [0.25, 0.3) is 21.9 Å². The summed E-state index contributed by atoms with van der Waals surface area (Å²) in [6.07, 6.45) is 2.59. The molecule has 0 fully saturated rings. The predicted octanol–water partition coefficient (Wildman–Crippen LogP) is 4.97. The smallest absolute Gasteiger partial charge is 0.319 e. The number of anilines is 2. The van der Waals surface area contributed by atoms with Gasteiger partial charge in [0.1, 0.15) is 11.3 Å². The number of nitrogens with one attached hydrogen (secondary N) is 2. The molecular formula is C25H30N6O. The van der Waals surface area contributed by atoms with Crippen molar-refractivity contribution in [1.82, 2.24) is 19.9 Å². The predicted molar refractivity (Wildman–Crippen MR) is 131 cm³/mol. The Labute approximate surface area is 188 Å². The maximum Gasteiger partial charge on any atom is 0.319 e. The molecule has 4 N–H and O–H groups in total. The van der Waals surface area contributed by atoms with Crippen molar-refractivity contribution in [2.75, 3.05) is 17.6 Å².